The third kappa shape index (κ3) is 3.80. The van der Waals surface area contributed by atoms with Crippen molar-refractivity contribution in [3.63, 3.8) is 0 Å². The van der Waals surface area contributed by atoms with Crippen LogP contribution in [0.4, 0.5) is 0 Å². The van der Waals surface area contributed by atoms with Crippen LogP contribution in [-0.4, -0.2) is 11.6 Å². The van der Waals surface area contributed by atoms with Gasteiger partial charge in [-0.15, -0.1) is 0 Å². The number of benzene rings is 3. The Labute approximate surface area is 154 Å². The normalized spacial score (nSPS) is 11.2. The van der Waals surface area contributed by atoms with Gasteiger partial charge in [-0.3, -0.25) is 9.59 Å². The Bertz CT molecular complexity index is 913. The van der Waals surface area contributed by atoms with Crippen molar-refractivity contribution >= 4 is 11.6 Å². The minimum absolute atomic E-state index is 0.0128. The molecule has 3 aromatic carbocycles. The molecule has 0 aromatic heterocycles. The monoisotopic (exact) mass is 342 g/mol. The minimum atomic E-state index is -0.479. The summed E-state index contributed by atoms with van der Waals surface area (Å²) in [4.78, 5) is 25.0. The first-order valence-corrected chi connectivity index (χ1v) is 8.71. The van der Waals surface area contributed by atoms with Crippen molar-refractivity contribution in [3.05, 3.63) is 95.6 Å². The van der Waals surface area contributed by atoms with Gasteiger partial charge in [-0.2, -0.15) is 0 Å². The Morgan fingerprint density at radius 1 is 0.577 bits per heavy atom. The molecule has 2 nitrogen and oxygen atoms in total. The zero-order chi connectivity index (χ0) is 18.7. The van der Waals surface area contributed by atoms with Gasteiger partial charge in [0.1, 0.15) is 0 Å². The Balaban J connectivity index is 1.79. The van der Waals surface area contributed by atoms with Gasteiger partial charge in [0.25, 0.3) is 0 Å². The second-order valence-corrected chi connectivity index (χ2v) is 7.43. The molecule has 0 radical (unpaired) electrons. The summed E-state index contributed by atoms with van der Waals surface area (Å²) in [6.07, 6.45) is 0. The lowest BCUT2D eigenvalue weighted by Crippen LogP contribution is -2.15. The fourth-order valence-corrected chi connectivity index (χ4v) is 2.83. The molecule has 0 unspecified atom stereocenters. The van der Waals surface area contributed by atoms with Gasteiger partial charge >= 0.3 is 0 Å². The van der Waals surface area contributed by atoms with E-state index in [2.05, 4.69) is 20.8 Å². The standard InChI is InChI=1S/C24H22O2/c1-24(2,3)21-15-13-20(14-16-21)23(26)22(25)19-11-9-18(10-12-19)17-7-5-4-6-8-17/h4-16H,1-3H3. The smallest absolute Gasteiger partial charge is 0.233 e. The third-order valence-electron chi connectivity index (χ3n) is 4.47. The van der Waals surface area contributed by atoms with E-state index < -0.39 is 11.6 Å². The minimum Gasteiger partial charge on any atom is -0.285 e. The van der Waals surface area contributed by atoms with E-state index in [1.807, 2.05) is 54.6 Å². The highest BCUT2D eigenvalue weighted by molar-refractivity contribution is 6.49. The van der Waals surface area contributed by atoms with E-state index >= 15 is 0 Å². The Kier molecular flexibility index (Phi) is 4.85. The third-order valence-corrected chi connectivity index (χ3v) is 4.47. The van der Waals surface area contributed by atoms with Crippen LogP contribution in [0.15, 0.2) is 78.9 Å². The molecule has 2 heteroatoms. The predicted octanol–water partition coefficient (Wildman–Crippen LogP) is 5.72. The first-order valence-electron chi connectivity index (χ1n) is 8.71. The molecule has 0 spiro atoms. The van der Waals surface area contributed by atoms with Crippen LogP contribution >= 0.6 is 0 Å². The van der Waals surface area contributed by atoms with E-state index in [4.69, 9.17) is 0 Å². The highest BCUT2D eigenvalue weighted by Gasteiger charge is 2.20. The number of rotatable bonds is 4. The average molecular weight is 342 g/mol. The van der Waals surface area contributed by atoms with Gasteiger partial charge in [0.2, 0.25) is 11.6 Å². The fraction of sp³-hybridized carbons (Fsp3) is 0.167. The van der Waals surface area contributed by atoms with Gasteiger partial charge in [0.05, 0.1) is 0 Å². The summed E-state index contributed by atoms with van der Waals surface area (Å²) in [5.41, 5.74) is 4.08. The van der Waals surface area contributed by atoms with E-state index in [9.17, 15) is 9.59 Å². The molecule has 3 aromatic rings. The van der Waals surface area contributed by atoms with Gasteiger partial charge in [0, 0.05) is 11.1 Å². The van der Waals surface area contributed by atoms with Crippen molar-refractivity contribution < 1.29 is 9.59 Å². The second-order valence-electron chi connectivity index (χ2n) is 7.43. The Morgan fingerprint density at radius 2 is 1.00 bits per heavy atom. The molecule has 0 aliphatic carbocycles. The summed E-state index contributed by atoms with van der Waals surface area (Å²) < 4.78 is 0. The highest BCUT2D eigenvalue weighted by atomic mass is 16.2. The molecular formula is C24H22O2. The van der Waals surface area contributed by atoms with E-state index in [1.54, 1.807) is 24.3 Å². The maximum Gasteiger partial charge on any atom is 0.233 e. The molecule has 130 valence electrons. The van der Waals surface area contributed by atoms with E-state index in [0.29, 0.717) is 11.1 Å². The largest absolute Gasteiger partial charge is 0.285 e. The molecule has 0 bridgehead atoms. The van der Waals surface area contributed by atoms with Crippen LogP contribution in [0.3, 0.4) is 0 Å². The van der Waals surface area contributed by atoms with Crippen LogP contribution in [0.25, 0.3) is 11.1 Å². The number of Topliss-reactive ketones (excluding diaryl/α,β-unsaturated/α-hetero) is 2. The summed E-state index contributed by atoms with van der Waals surface area (Å²) in [6.45, 7) is 6.34. The van der Waals surface area contributed by atoms with Crippen LogP contribution in [0.1, 0.15) is 47.1 Å². The lowest BCUT2D eigenvalue weighted by atomic mass is 9.86. The van der Waals surface area contributed by atoms with Gasteiger partial charge in [-0.05, 0) is 22.1 Å². The molecular weight excluding hydrogens is 320 g/mol. The maximum atomic E-state index is 12.5. The summed E-state index contributed by atoms with van der Waals surface area (Å²) in [7, 11) is 0. The number of carbonyl (C=O) groups is 2. The van der Waals surface area contributed by atoms with Crippen molar-refractivity contribution in [2.24, 2.45) is 0 Å². The molecule has 0 atom stereocenters. The molecule has 0 amide bonds. The number of hydrogen-bond donors (Lipinski definition) is 0. The topological polar surface area (TPSA) is 34.1 Å². The lowest BCUT2D eigenvalue weighted by Gasteiger charge is -2.18. The fourth-order valence-electron chi connectivity index (χ4n) is 2.83. The van der Waals surface area contributed by atoms with Gasteiger partial charge in [0.15, 0.2) is 0 Å². The number of ketones is 2. The highest BCUT2D eigenvalue weighted by Crippen LogP contribution is 2.23. The lowest BCUT2D eigenvalue weighted by molar-refractivity contribution is 0.0817. The summed E-state index contributed by atoms with van der Waals surface area (Å²) in [5.74, 6) is -0.953. The zero-order valence-corrected chi connectivity index (χ0v) is 15.3. The summed E-state index contributed by atoms with van der Waals surface area (Å²) >= 11 is 0. The van der Waals surface area contributed by atoms with Crippen LogP contribution < -0.4 is 0 Å². The molecule has 26 heavy (non-hydrogen) atoms. The second kappa shape index (κ2) is 7.09. The predicted molar refractivity (Wildman–Crippen MR) is 106 cm³/mol. The first-order chi connectivity index (χ1) is 12.4. The molecule has 0 heterocycles. The molecule has 0 aliphatic heterocycles. The van der Waals surface area contributed by atoms with Crippen molar-refractivity contribution in [1.82, 2.24) is 0 Å². The van der Waals surface area contributed by atoms with Crippen LogP contribution in [0.2, 0.25) is 0 Å². The Hall–Kier alpha value is -3.00. The quantitative estimate of drug-likeness (QED) is 0.449. The van der Waals surface area contributed by atoms with Gasteiger partial charge < -0.3 is 0 Å². The van der Waals surface area contributed by atoms with Crippen LogP contribution in [-0.2, 0) is 5.41 Å². The van der Waals surface area contributed by atoms with Crippen molar-refractivity contribution in [2.45, 2.75) is 26.2 Å². The maximum absolute atomic E-state index is 12.5. The van der Waals surface area contributed by atoms with Gasteiger partial charge in [-0.25, -0.2) is 0 Å². The van der Waals surface area contributed by atoms with Crippen molar-refractivity contribution in [2.75, 3.05) is 0 Å². The van der Waals surface area contributed by atoms with Crippen LogP contribution in [0, 0.1) is 0 Å². The summed E-state index contributed by atoms with van der Waals surface area (Å²) in [6, 6.07) is 24.4. The Morgan fingerprint density at radius 3 is 1.46 bits per heavy atom. The van der Waals surface area contributed by atoms with Crippen molar-refractivity contribution in [3.8, 4) is 11.1 Å². The molecule has 3 rings (SSSR count). The molecule has 0 saturated heterocycles. The molecule has 0 N–H and O–H groups in total. The summed E-state index contributed by atoms with van der Waals surface area (Å²) in [5, 5.41) is 0. The van der Waals surface area contributed by atoms with E-state index in [1.165, 1.54) is 0 Å². The number of hydrogen-bond acceptors (Lipinski definition) is 2. The van der Waals surface area contributed by atoms with Crippen LogP contribution in [0.5, 0.6) is 0 Å². The SMILES string of the molecule is CC(C)(C)c1ccc(C(=O)C(=O)c2ccc(-c3ccccc3)cc2)cc1. The zero-order valence-electron chi connectivity index (χ0n) is 15.3. The average Bonchev–Trinajstić information content (AvgIpc) is 2.67. The first kappa shape index (κ1) is 17.8. The molecule has 0 fully saturated rings. The molecule has 0 aliphatic rings. The van der Waals surface area contributed by atoms with Crippen molar-refractivity contribution in [1.29, 1.82) is 0 Å². The van der Waals surface area contributed by atoms with E-state index in [-0.39, 0.29) is 5.41 Å². The van der Waals surface area contributed by atoms with Gasteiger partial charge in [-0.1, -0.05) is 99.6 Å². The van der Waals surface area contributed by atoms with E-state index in [0.717, 1.165) is 16.7 Å². The molecule has 0 saturated carbocycles. The number of carbonyl (C=O) groups excluding carboxylic acids is 2.